The minimum Gasteiger partial charge on any atom is -0.356 e. The second-order valence-corrected chi connectivity index (χ2v) is 4.34. The second kappa shape index (κ2) is 9.04. The Morgan fingerprint density at radius 1 is 1.21 bits per heavy atom. The largest absolute Gasteiger partial charge is 0.356 e. The lowest BCUT2D eigenvalue weighted by atomic mass is 10.1. The fourth-order valence-electron chi connectivity index (χ4n) is 1.33. The Hall–Kier alpha value is -0.530. The highest BCUT2D eigenvalue weighted by Gasteiger charge is 2.00. The molecule has 0 bridgehead atoms. The summed E-state index contributed by atoms with van der Waals surface area (Å²) in [5.74, 6) is 0.986. The Kier molecular flexibility index (Phi) is 8.70. The van der Waals surface area contributed by atoms with E-state index in [1.165, 1.54) is 12.8 Å². The lowest BCUT2D eigenvalue weighted by Crippen LogP contribution is -2.23. The van der Waals surface area contributed by atoms with Crippen molar-refractivity contribution in [3.05, 3.63) is 0 Å². The maximum absolute atomic E-state index is 11.3. The van der Waals surface area contributed by atoms with Crippen molar-refractivity contribution in [1.29, 1.82) is 0 Å². The molecule has 0 aliphatic rings. The second-order valence-electron chi connectivity index (χ2n) is 4.34. The van der Waals surface area contributed by atoms with Crippen molar-refractivity contribution in [1.82, 2.24) is 5.32 Å². The molecule has 1 amide bonds. The molecule has 0 radical (unpaired) electrons. The van der Waals surface area contributed by atoms with Crippen LogP contribution in [0.3, 0.4) is 0 Å². The number of carbonyl (C=O) groups is 1. The van der Waals surface area contributed by atoms with Gasteiger partial charge in [-0.2, -0.15) is 0 Å². The Bertz CT molecular complexity index is 143. The summed E-state index contributed by atoms with van der Waals surface area (Å²) in [6.45, 7) is 7.43. The summed E-state index contributed by atoms with van der Waals surface area (Å²) in [6, 6.07) is 0. The lowest BCUT2D eigenvalue weighted by molar-refractivity contribution is -0.121. The average Bonchev–Trinajstić information content (AvgIpc) is 2.13. The summed E-state index contributed by atoms with van der Waals surface area (Å²) < 4.78 is 0. The van der Waals surface area contributed by atoms with Crippen molar-refractivity contribution in [3.8, 4) is 0 Å². The maximum atomic E-state index is 11.3. The van der Waals surface area contributed by atoms with E-state index >= 15 is 0 Å². The lowest BCUT2D eigenvalue weighted by Gasteiger charge is -2.05. The summed E-state index contributed by atoms with van der Waals surface area (Å²) in [5, 5.41) is 2.93. The van der Waals surface area contributed by atoms with Crippen molar-refractivity contribution < 1.29 is 4.79 Å². The van der Waals surface area contributed by atoms with Crippen LogP contribution < -0.4 is 5.32 Å². The van der Waals surface area contributed by atoms with Crippen LogP contribution in [0.2, 0.25) is 0 Å². The van der Waals surface area contributed by atoms with Gasteiger partial charge in [0.15, 0.2) is 0 Å². The quantitative estimate of drug-likeness (QED) is 0.598. The third-order valence-corrected chi connectivity index (χ3v) is 2.29. The molecule has 0 aliphatic carbocycles. The zero-order valence-electron chi connectivity index (χ0n) is 9.94. The van der Waals surface area contributed by atoms with Crippen LogP contribution in [0, 0.1) is 5.92 Å². The maximum Gasteiger partial charge on any atom is 0.219 e. The van der Waals surface area contributed by atoms with Gasteiger partial charge in [0.1, 0.15) is 0 Å². The van der Waals surface area contributed by atoms with Gasteiger partial charge >= 0.3 is 0 Å². The molecule has 0 saturated heterocycles. The van der Waals surface area contributed by atoms with Crippen LogP contribution in [0.1, 0.15) is 59.3 Å². The van der Waals surface area contributed by atoms with Crippen molar-refractivity contribution in [2.75, 3.05) is 6.54 Å². The minimum atomic E-state index is 0.224. The molecule has 2 nitrogen and oxygen atoms in total. The molecule has 0 aromatic carbocycles. The molecule has 0 aromatic rings. The SMILES string of the molecule is CCCCNC(=O)CCCCC(C)C. The van der Waals surface area contributed by atoms with Crippen LogP contribution in [-0.2, 0) is 4.79 Å². The third kappa shape index (κ3) is 9.56. The predicted octanol–water partition coefficient (Wildman–Crippen LogP) is 3.12. The van der Waals surface area contributed by atoms with E-state index in [0.717, 1.165) is 31.7 Å². The van der Waals surface area contributed by atoms with Crippen molar-refractivity contribution in [2.24, 2.45) is 5.92 Å². The van der Waals surface area contributed by atoms with Gasteiger partial charge in [0, 0.05) is 13.0 Å². The van der Waals surface area contributed by atoms with E-state index in [2.05, 4.69) is 26.1 Å². The number of hydrogen-bond donors (Lipinski definition) is 1. The first-order valence-electron chi connectivity index (χ1n) is 5.93. The smallest absolute Gasteiger partial charge is 0.219 e. The molecule has 0 atom stereocenters. The first-order chi connectivity index (χ1) is 6.66. The average molecular weight is 199 g/mol. The molecular formula is C12H25NO. The highest BCUT2D eigenvalue weighted by Crippen LogP contribution is 2.07. The summed E-state index contributed by atoms with van der Waals surface area (Å²) in [7, 11) is 0. The van der Waals surface area contributed by atoms with E-state index in [1.807, 2.05) is 0 Å². The third-order valence-electron chi connectivity index (χ3n) is 2.29. The molecular weight excluding hydrogens is 174 g/mol. The van der Waals surface area contributed by atoms with Gasteiger partial charge < -0.3 is 5.32 Å². The van der Waals surface area contributed by atoms with E-state index in [9.17, 15) is 4.79 Å². The first kappa shape index (κ1) is 13.5. The zero-order valence-corrected chi connectivity index (χ0v) is 9.94. The molecule has 0 heterocycles. The molecule has 0 rings (SSSR count). The number of amides is 1. The minimum absolute atomic E-state index is 0.224. The predicted molar refractivity (Wildman–Crippen MR) is 61.2 cm³/mol. The van der Waals surface area contributed by atoms with Crippen molar-refractivity contribution in [3.63, 3.8) is 0 Å². The normalized spacial score (nSPS) is 10.6. The number of unbranched alkanes of at least 4 members (excludes halogenated alkanes) is 2. The molecule has 14 heavy (non-hydrogen) atoms. The van der Waals surface area contributed by atoms with E-state index in [-0.39, 0.29) is 5.91 Å². The van der Waals surface area contributed by atoms with Gasteiger partial charge in [-0.15, -0.1) is 0 Å². The summed E-state index contributed by atoms with van der Waals surface area (Å²) in [6.07, 6.45) is 6.40. The number of rotatable bonds is 8. The highest BCUT2D eigenvalue weighted by atomic mass is 16.1. The first-order valence-corrected chi connectivity index (χ1v) is 5.93. The molecule has 0 aliphatic heterocycles. The Labute approximate surface area is 88.5 Å². The van der Waals surface area contributed by atoms with Gasteiger partial charge in [0.05, 0.1) is 0 Å². The van der Waals surface area contributed by atoms with Gasteiger partial charge in [-0.3, -0.25) is 4.79 Å². The van der Waals surface area contributed by atoms with Crippen molar-refractivity contribution in [2.45, 2.75) is 59.3 Å². The van der Waals surface area contributed by atoms with Crippen LogP contribution in [0.25, 0.3) is 0 Å². The van der Waals surface area contributed by atoms with E-state index in [1.54, 1.807) is 0 Å². The molecule has 84 valence electrons. The van der Waals surface area contributed by atoms with Gasteiger partial charge in [-0.25, -0.2) is 0 Å². The standard InChI is InChI=1S/C12H25NO/c1-4-5-10-13-12(14)9-7-6-8-11(2)3/h11H,4-10H2,1-3H3,(H,13,14). The highest BCUT2D eigenvalue weighted by molar-refractivity contribution is 5.75. The molecule has 2 heteroatoms. The van der Waals surface area contributed by atoms with Crippen LogP contribution in [0.5, 0.6) is 0 Å². The molecule has 0 saturated carbocycles. The van der Waals surface area contributed by atoms with Crippen LogP contribution in [0.4, 0.5) is 0 Å². The molecule has 0 unspecified atom stereocenters. The van der Waals surface area contributed by atoms with Crippen molar-refractivity contribution >= 4 is 5.91 Å². The number of hydrogen-bond acceptors (Lipinski definition) is 1. The van der Waals surface area contributed by atoms with Gasteiger partial charge in [-0.05, 0) is 18.8 Å². The topological polar surface area (TPSA) is 29.1 Å². The van der Waals surface area contributed by atoms with Crippen LogP contribution in [0.15, 0.2) is 0 Å². The summed E-state index contributed by atoms with van der Waals surface area (Å²) >= 11 is 0. The monoisotopic (exact) mass is 199 g/mol. The summed E-state index contributed by atoms with van der Waals surface area (Å²) in [4.78, 5) is 11.3. The van der Waals surface area contributed by atoms with E-state index < -0.39 is 0 Å². The molecule has 0 spiro atoms. The fraction of sp³-hybridized carbons (Fsp3) is 0.917. The summed E-state index contributed by atoms with van der Waals surface area (Å²) in [5.41, 5.74) is 0. The Morgan fingerprint density at radius 3 is 2.50 bits per heavy atom. The van der Waals surface area contributed by atoms with Gasteiger partial charge in [0.25, 0.3) is 0 Å². The van der Waals surface area contributed by atoms with Crippen LogP contribution >= 0.6 is 0 Å². The fourth-order valence-corrected chi connectivity index (χ4v) is 1.33. The van der Waals surface area contributed by atoms with Crippen LogP contribution in [-0.4, -0.2) is 12.5 Å². The number of nitrogens with one attached hydrogen (secondary N) is 1. The zero-order chi connectivity index (χ0) is 10.8. The molecule has 0 fully saturated rings. The van der Waals surface area contributed by atoms with E-state index in [4.69, 9.17) is 0 Å². The Morgan fingerprint density at radius 2 is 1.93 bits per heavy atom. The molecule has 1 N–H and O–H groups in total. The van der Waals surface area contributed by atoms with E-state index in [0.29, 0.717) is 6.42 Å². The Balaban J connectivity index is 3.18. The van der Waals surface area contributed by atoms with Gasteiger partial charge in [0.2, 0.25) is 5.91 Å². The molecule has 0 aromatic heterocycles. The number of carbonyl (C=O) groups excluding carboxylic acids is 1. The van der Waals surface area contributed by atoms with Gasteiger partial charge in [-0.1, -0.05) is 40.0 Å².